The van der Waals surface area contributed by atoms with E-state index in [-0.39, 0.29) is 0 Å². The van der Waals surface area contributed by atoms with Crippen molar-refractivity contribution in [3.05, 3.63) is 119 Å². The third-order valence-electron chi connectivity index (χ3n) is 6.27. The maximum Gasteiger partial charge on any atom is 0.341 e. The summed E-state index contributed by atoms with van der Waals surface area (Å²) >= 11 is 0. The summed E-state index contributed by atoms with van der Waals surface area (Å²) in [5.41, 5.74) is 4.22. The maximum atomic E-state index is 11.0. The molecule has 12 nitrogen and oxygen atoms in total. The van der Waals surface area contributed by atoms with E-state index in [9.17, 15) is 19.2 Å². The number of aliphatic carboxylic acids is 4. The average molecular weight is 629 g/mol. The molecule has 0 aliphatic heterocycles. The Morgan fingerprint density at radius 1 is 0.348 bits per heavy atom. The molecule has 0 saturated heterocycles. The standard InChI is InChI=1S/C34H28O12/c35-29(36)17-43-25-9-1-21(2-10-25)33(22-3-11-26(12-4-22)44-18-30(37)38)34(23-5-13-27(14-6-23)45-19-31(39)40)24-7-15-28(16-8-24)46-20-32(41)42/h1-16H,17-20H2,(H,35,36)(H,37,38)(H,39,40)(H,41,42). The summed E-state index contributed by atoms with van der Waals surface area (Å²) in [6.45, 7) is -2.06. The van der Waals surface area contributed by atoms with E-state index in [0.29, 0.717) is 56.4 Å². The fraction of sp³-hybridized carbons (Fsp3) is 0.118. The van der Waals surface area contributed by atoms with Crippen molar-refractivity contribution >= 4 is 35.0 Å². The molecule has 4 rings (SSSR count). The van der Waals surface area contributed by atoms with Crippen molar-refractivity contribution in [2.75, 3.05) is 26.4 Å². The molecule has 0 saturated carbocycles. The van der Waals surface area contributed by atoms with Gasteiger partial charge in [0, 0.05) is 0 Å². The number of carboxylic acid groups (broad SMARTS) is 4. The van der Waals surface area contributed by atoms with E-state index in [4.69, 9.17) is 39.4 Å². The first-order valence-electron chi connectivity index (χ1n) is 13.6. The van der Waals surface area contributed by atoms with E-state index in [1.54, 1.807) is 97.1 Å². The molecule has 12 heteroatoms. The number of carbonyl (C=O) groups is 4. The van der Waals surface area contributed by atoms with E-state index in [1.165, 1.54) is 0 Å². The van der Waals surface area contributed by atoms with Gasteiger partial charge in [0.05, 0.1) is 0 Å². The molecule has 46 heavy (non-hydrogen) atoms. The molecule has 0 bridgehead atoms. The van der Waals surface area contributed by atoms with Gasteiger partial charge in [-0.15, -0.1) is 0 Å². The molecule has 0 fully saturated rings. The Hall–Kier alpha value is -6.30. The van der Waals surface area contributed by atoms with Crippen LogP contribution in [0.1, 0.15) is 22.3 Å². The first-order valence-corrected chi connectivity index (χ1v) is 13.6. The summed E-state index contributed by atoms with van der Waals surface area (Å²) in [6.07, 6.45) is 0. The van der Waals surface area contributed by atoms with Crippen LogP contribution in [0.25, 0.3) is 11.1 Å². The molecule has 0 spiro atoms. The first-order chi connectivity index (χ1) is 22.1. The molecule has 0 radical (unpaired) electrons. The van der Waals surface area contributed by atoms with Crippen LogP contribution in [0.15, 0.2) is 97.1 Å². The highest BCUT2D eigenvalue weighted by Gasteiger charge is 2.18. The van der Waals surface area contributed by atoms with Crippen LogP contribution < -0.4 is 18.9 Å². The molecule has 0 aliphatic rings. The molecule has 0 heterocycles. The minimum Gasteiger partial charge on any atom is -0.482 e. The van der Waals surface area contributed by atoms with Crippen molar-refractivity contribution in [3.63, 3.8) is 0 Å². The van der Waals surface area contributed by atoms with Gasteiger partial charge in [0.25, 0.3) is 0 Å². The molecule has 4 N–H and O–H groups in total. The third-order valence-corrected chi connectivity index (χ3v) is 6.27. The lowest BCUT2D eigenvalue weighted by Gasteiger charge is -2.19. The fourth-order valence-electron chi connectivity index (χ4n) is 4.36. The van der Waals surface area contributed by atoms with Crippen LogP contribution in [-0.2, 0) is 19.2 Å². The van der Waals surface area contributed by atoms with Crippen molar-refractivity contribution in [3.8, 4) is 23.0 Å². The summed E-state index contributed by atoms with van der Waals surface area (Å²) in [6, 6.07) is 27.1. The number of rotatable bonds is 16. The Morgan fingerprint density at radius 3 is 0.674 bits per heavy atom. The Morgan fingerprint density at radius 2 is 0.522 bits per heavy atom. The molecule has 0 unspecified atom stereocenters. The number of carboxylic acids is 4. The summed E-state index contributed by atoms with van der Waals surface area (Å²) in [4.78, 5) is 44.0. The van der Waals surface area contributed by atoms with Crippen LogP contribution in [-0.4, -0.2) is 70.7 Å². The summed E-state index contributed by atoms with van der Waals surface area (Å²) in [7, 11) is 0. The first kappa shape index (κ1) is 32.6. The zero-order valence-corrected chi connectivity index (χ0v) is 24.1. The second-order valence-electron chi connectivity index (χ2n) is 9.58. The Bertz CT molecular complexity index is 1450. The van der Waals surface area contributed by atoms with Gasteiger partial charge in [-0.05, 0) is 81.9 Å². The normalized spacial score (nSPS) is 10.3. The monoisotopic (exact) mass is 628 g/mol. The summed E-state index contributed by atoms with van der Waals surface area (Å²) in [5.74, 6) is -3.14. The molecular weight excluding hydrogens is 600 g/mol. The van der Waals surface area contributed by atoms with Crippen molar-refractivity contribution < 1.29 is 58.6 Å². The van der Waals surface area contributed by atoms with E-state index in [2.05, 4.69) is 0 Å². The third kappa shape index (κ3) is 9.35. The molecule has 0 aliphatic carbocycles. The van der Waals surface area contributed by atoms with Crippen LogP contribution >= 0.6 is 0 Å². The van der Waals surface area contributed by atoms with Gasteiger partial charge >= 0.3 is 23.9 Å². The predicted octanol–water partition coefficient (Wildman–Crippen LogP) is 4.55. The molecule has 0 amide bonds. The van der Waals surface area contributed by atoms with Crippen molar-refractivity contribution in [2.45, 2.75) is 0 Å². The lowest BCUT2D eigenvalue weighted by molar-refractivity contribution is -0.140. The lowest BCUT2D eigenvalue weighted by atomic mass is 9.85. The van der Waals surface area contributed by atoms with E-state index < -0.39 is 50.3 Å². The Kier molecular flexibility index (Phi) is 10.9. The smallest absolute Gasteiger partial charge is 0.341 e. The molecular formula is C34H28O12. The van der Waals surface area contributed by atoms with E-state index in [1.807, 2.05) is 0 Å². The van der Waals surface area contributed by atoms with Crippen molar-refractivity contribution in [2.24, 2.45) is 0 Å². The van der Waals surface area contributed by atoms with Crippen molar-refractivity contribution in [1.82, 2.24) is 0 Å². The van der Waals surface area contributed by atoms with Crippen molar-refractivity contribution in [1.29, 1.82) is 0 Å². The van der Waals surface area contributed by atoms with Crippen LogP contribution in [0.3, 0.4) is 0 Å². The zero-order valence-electron chi connectivity index (χ0n) is 24.1. The van der Waals surface area contributed by atoms with Crippen LogP contribution in [0.2, 0.25) is 0 Å². The number of hydrogen-bond acceptors (Lipinski definition) is 8. The van der Waals surface area contributed by atoms with Gasteiger partial charge < -0.3 is 39.4 Å². The van der Waals surface area contributed by atoms with Gasteiger partial charge in [-0.1, -0.05) is 48.5 Å². The second-order valence-corrected chi connectivity index (χ2v) is 9.58. The largest absolute Gasteiger partial charge is 0.482 e. The molecule has 0 atom stereocenters. The fourth-order valence-corrected chi connectivity index (χ4v) is 4.36. The zero-order chi connectivity index (χ0) is 33.1. The van der Waals surface area contributed by atoms with Crippen LogP contribution in [0.5, 0.6) is 23.0 Å². The van der Waals surface area contributed by atoms with Gasteiger partial charge in [0.15, 0.2) is 26.4 Å². The van der Waals surface area contributed by atoms with E-state index >= 15 is 0 Å². The number of hydrogen-bond donors (Lipinski definition) is 4. The topological polar surface area (TPSA) is 186 Å². The van der Waals surface area contributed by atoms with Gasteiger partial charge in [-0.2, -0.15) is 0 Å². The summed E-state index contributed by atoms with van der Waals surface area (Å²) < 4.78 is 21.3. The van der Waals surface area contributed by atoms with Crippen LogP contribution in [0.4, 0.5) is 0 Å². The minimum atomic E-state index is -1.12. The highest BCUT2D eigenvalue weighted by atomic mass is 16.5. The van der Waals surface area contributed by atoms with Gasteiger partial charge in [0.2, 0.25) is 0 Å². The number of benzene rings is 4. The molecule has 0 aromatic heterocycles. The highest BCUT2D eigenvalue weighted by Crippen LogP contribution is 2.39. The molecule has 236 valence electrons. The second kappa shape index (κ2) is 15.4. The SMILES string of the molecule is O=C(O)COc1ccc(C(=C(c2ccc(OCC(=O)O)cc2)c2ccc(OCC(=O)O)cc2)c2ccc(OCC(=O)O)cc2)cc1. The minimum absolute atomic E-state index is 0.337. The average Bonchev–Trinajstić information content (AvgIpc) is 3.04. The highest BCUT2D eigenvalue weighted by molar-refractivity contribution is 6.04. The summed E-state index contributed by atoms with van der Waals surface area (Å²) in [5, 5.41) is 36.0. The Balaban J connectivity index is 1.89. The molecule has 4 aromatic rings. The Labute approximate surface area is 262 Å². The number of ether oxygens (including phenoxy) is 4. The van der Waals surface area contributed by atoms with Gasteiger partial charge in [-0.25, -0.2) is 19.2 Å². The molecule has 4 aromatic carbocycles. The maximum absolute atomic E-state index is 11.0. The van der Waals surface area contributed by atoms with Crippen LogP contribution in [0, 0.1) is 0 Å². The lowest BCUT2D eigenvalue weighted by Crippen LogP contribution is -2.09. The van der Waals surface area contributed by atoms with Gasteiger partial charge in [-0.3, -0.25) is 0 Å². The quantitative estimate of drug-likeness (QED) is 0.127. The predicted molar refractivity (Wildman–Crippen MR) is 163 cm³/mol. The van der Waals surface area contributed by atoms with Gasteiger partial charge in [0.1, 0.15) is 23.0 Å². The van der Waals surface area contributed by atoms with E-state index in [0.717, 1.165) is 0 Å².